The topological polar surface area (TPSA) is 58.2 Å². The van der Waals surface area contributed by atoms with Gasteiger partial charge in [-0.2, -0.15) is 0 Å². The maximum atomic E-state index is 12.4. The summed E-state index contributed by atoms with van der Waals surface area (Å²) in [5, 5.41) is 5.83. The average molecular weight is 358 g/mol. The number of nitrogens with one attached hydrogen (secondary N) is 2. The van der Waals surface area contributed by atoms with E-state index in [0.717, 1.165) is 11.1 Å². The lowest BCUT2D eigenvalue weighted by molar-refractivity contribution is -0.115. The summed E-state index contributed by atoms with van der Waals surface area (Å²) in [4.78, 5) is 24.5. The summed E-state index contributed by atoms with van der Waals surface area (Å²) in [5.41, 5.74) is 3.24. The highest BCUT2D eigenvalue weighted by Gasteiger charge is 2.11. The van der Waals surface area contributed by atoms with Crippen LogP contribution in [-0.4, -0.2) is 11.8 Å². The first-order valence-electron chi connectivity index (χ1n) is 8.91. The summed E-state index contributed by atoms with van der Waals surface area (Å²) in [6, 6.07) is 26.2. The Hall–Kier alpha value is -3.40. The minimum absolute atomic E-state index is 0.0797. The molecule has 4 nitrogen and oxygen atoms in total. The molecule has 27 heavy (non-hydrogen) atoms. The van der Waals surface area contributed by atoms with Gasteiger partial charge in [0.2, 0.25) is 5.91 Å². The van der Waals surface area contributed by atoms with E-state index in [1.54, 1.807) is 24.3 Å². The van der Waals surface area contributed by atoms with Gasteiger partial charge in [0, 0.05) is 11.3 Å². The van der Waals surface area contributed by atoms with Crippen LogP contribution < -0.4 is 10.6 Å². The molecule has 0 fully saturated rings. The third kappa shape index (κ3) is 5.28. The Bertz CT molecular complexity index is 891. The van der Waals surface area contributed by atoms with Gasteiger partial charge in [-0.05, 0) is 42.3 Å². The summed E-state index contributed by atoms with van der Waals surface area (Å²) in [6.45, 7) is 1.95. The first-order chi connectivity index (χ1) is 13.1. The number of benzene rings is 3. The summed E-state index contributed by atoms with van der Waals surface area (Å²) >= 11 is 0. The molecule has 0 saturated carbocycles. The number of anilines is 1. The van der Waals surface area contributed by atoms with Crippen LogP contribution in [0.4, 0.5) is 5.69 Å². The Labute approximate surface area is 159 Å². The third-order valence-corrected chi connectivity index (χ3v) is 4.29. The molecule has 0 aliphatic carbocycles. The number of rotatable bonds is 6. The number of hydrogen-bond acceptors (Lipinski definition) is 2. The van der Waals surface area contributed by atoms with Gasteiger partial charge >= 0.3 is 0 Å². The van der Waals surface area contributed by atoms with E-state index < -0.39 is 0 Å². The Morgan fingerprint density at radius 2 is 1.41 bits per heavy atom. The lowest BCUT2D eigenvalue weighted by Gasteiger charge is -2.14. The molecule has 0 bridgehead atoms. The van der Waals surface area contributed by atoms with Crippen molar-refractivity contribution in [1.29, 1.82) is 0 Å². The van der Waals surface area contributed by atoms with Gasteiger partial charge in [-0.25, -0.2) is 0 Å². The molecular formula is C23H22N2O2. The van der Waals surface area contributed by atoms with E-state index in [9.17, 15) is 9.59 Å². The molecule has 136 valence electrons. The standard InChI is InChI=1S/C23H22N2O2/c1-17(19-10-6-3-7-11-19)24-23(27)20-12-14-21(15-13-20)25-22(26)16-18-8-4-2-5-9-18/h2-15,17H,16H2,1H3,(H,24,27)(H,25,26). The van der Waals surface area contributed by atoms with Gasteiger partial charge in [0.15, 0.2) is 0 Å². The van der Waals surface area contributed by atoms with Gasteiger partial charge in [-0.1, -0.05) is 60.7 Å². The van der Waals surface area contributed by atoms with E-state index in [2.05, 4.69) is 10.6 Å². The maximum Gasteiger partial charge on any atom is 0.251 e. The fourth-order valence-electron chi connectivity index (χ4n) is 2.80. The Morgan fingerprint density at radius 1 is 0.815 bits per heavy atom. The van der Waals surface area contributed by atoms with Gasteiger partial charge in [-0.15, -0.1) is 0 Å². The molecule has 2 amide bonds. The zero-order chi connectivity index (χ0) is 19.1. The van der Waals surface area contributed by atoms with E-state index >= 15 is 0 Å². The van der Waals surface area contributed by atoms with Gasteiger partial charge in [0.05, 0.1) is 12.5 Å². The molecule has 0 heterocycles. The number of carbonyl (C=O) groups is 2. The van der Waals surface area contributed by atoms with Crippen molar-refractivity contribution in [1.82, 2.24) is 5.32 Å². The van der Waals surface area contributed by atoms with E-state index in [-0.39, 0.29) is 17.9 Å². The number of hydrogen-bond donors (Lipinski definition) is 2. The Morgan fingerprint density at radius 3 is 2.04 bits per heavy atom. The molecule has 0 aliphatic heterocycles. The third-order valence-electron chi connectivity index (χ3n) is 4.29. The normalized spacial score (nSPS) is 11.4. The molecule has 3 aromatic rings. The van der Waals surface area contributed by atoms with Crippen molar-refractivity contribution in [3.63, 3.8) is 0 Å². The van der Waals surface area contributed by atoms with Gasteiger partial charge in [0.1, 0.15) is 0 Å². The molecule has 3 rings (SSSR count). The van der Waals surface area contributed by atoms with Crippen molar-refractivity contribution < 1.29 is 9.59 Å². The average Bonchev–Trinajstić information content (AvgIpc) is 2.70. The van der Waals surface area contributed by atoms with Crippen molar-refractivity contribution in [2.75, 3.05) is 5.32 Å². The van der Waals surface area contributed by atoms with Crippen molar-refractivity contribution >= 4 is 17.5 Å². The fraction of sp³-hybridized carbons (Fsp3) is 0.130. The second-order valence-corrected chi connectivity index (χ2v) is 6.39. The molecular weight excluding hydrogens is 336 g/mol. The lowest BCUT2D eigenvalue weighted by atomic mass is 10.1. The molecule has 4 heteroatoms. The summed E-state index contributed by atoms with van der Waals surface area (Å²) in [7, 11) is 0. The van der Waals surface area contributed by atoms with E-state index in [0.29, 0.717) is 17.7 Å². The maximum absolute atomic E-state index is 12.4. The highest BCUT2D eigenvalue weighted by atomic mass is 16.2. The van der Waals surface area contributed by atoms with E-state index in [1.165, 1.54) is 0 Å². The highest BCUT2D eigenvalue weighted by molar-refractivity contribution is 5.96. The van der Waals surface area contributed by atoms with Crippen LogP contribution in [0.5, 0.6) is 0 Å². The van der Waals surface area contributed by atoms with Crippen molar-refractivity contribution in [2.45, 2.75) is 19.4 Å². The molecule has 0 radical (unpaired) electrons. The first-order valence-corrected chi connectivity index (χ1v) is 8.91. The smallest absolute Gasteiger partial charge is 0.251 e. The zero-order valence-electron chi connectivity index (χ0n) is 15.2. The van der Waals surface area contributed by atoms with E-state index in [4.69, 9.17) is 0 Å². The van der Waals surface area contributed by atoms with Crippen LogP contribution >= 0.6 is 0 Å². The SMILES string of the molecule is CC(NC(=O)c1ccc(NC(=O)Cc2ccccc2)cc1)c1ccccc1. The summed E-state index contributed by atoms with van der Waals surface area (Å²) in [6.07, 6.45) is 0.317. The molecule has 1 atom stereocenters. The van der Waals surface area contributed by atoms with Crippen LogP contribution in [0.15, 0.2) is 84.9 Å². The van der Waals surface area contributed by atoms with Gasteiger partial charge < -0.3 is 10.6 Å². The Balaban J connectivity index is 1.56. The first kappa shape index (κ1) is 18.4. The molecule has 1 unspecified atom stereocenters. The quantitative estimate of drug-likeness (QED) is 0.688. The van der Waals surface area contributed by atoms with Crippen molar-refractivity contribution in [3.05, 3.63) is 102 Å². The predicted molar refractivity (Wildman–Crippen MR) is 108 cm³/mol. The molecule has 3 aromatic carbocycles. The van der Waals surface area contributed by atoms with Crippen LogP contribution in [0.2, 0.25) is 0 Å². The predicted octanol–water partition coefficient (Wildman–Crippen LogP) is 4.36. The van der Waals surface area contributed by atoms with E-state index in [1.807, 2.05) is 67.6 Å². The fourth-order valence-corrected chi connectivity index (χ4v) is 2.80. The second-order valence-electron chi connectivity index (χ2n) is 6.39. The highest BCUT2D eigenvalue weighted by Crippen LogP contribution is 2.14. The van der Waals surface area contributed by atoms with Crippen LogP contribution in [0, 0.1) is 0 Å². The lowest BCUT2D eigenvalue weighted by Crippen LogP contribution is -2.26. The van der Waals surface area contributed by atoms with Crippen LogP contribution in [0.3, 0.4) is 0 Å². The monoisotopic (exact) mass is 358 g/mol. The number of amides is 2. The second kappa shape index (κ2) is 8.81. The van der Waals surface area contributed by atoms with Crippen molar-refractivity contribution in [3.8, 4) is 0 Å². The van der Waals surface area contributed by atoms with Gasteiger partial charge in [0.25, 0.3) is 5.91 Å². The summed E-state index contributed by atoms with van der Waals surface area (Å²) in [5.74, 6) is -0.232. The minimum Gasteiger partial charge on any atom is -0.346 e. The molecule has 0 aliphatic rings. The molecule has 2 N–H and O–H groups in total. The largest absolute Gasteiger partial charge is 0.346 e. The zero-order valence-corrected chi connectivity index (χ0v) is 15.2. The van der Waals surface area contributed by atoms with Crippen LogP contribution in [-0.2, 0) is 11.2 Å². The number of carbonyl (C=O) groups excluding carboxylic acids is 2. The molecule has 0 saturated heterocycles. The van der Waals surface area contributed by atoms with Crippen molar-refractivity contribution in [2.24, 2.45) is 0 Å². The molecule has 0 aromatic heterocycles. The molecule has 0 spiro atoms. The Kier molecular flexibility index (Phi) is 6.00. The minimum atomic E-state index is -0.145. The van der Waals surface area contributed by atoms with Crippen LogP contribution in [0.1, 0.15) is 34.5 Å². The van der Waals surface area contributed by atoms with Crippen LogP contribution in [0.25, 0.3) is 0 Å². The summed E-state index contributed by atoms with van der Waals surface area (Å²) < 4.78 is 0. The van der Waals surface area contributed by atoms with Gasteiger partial charge in [-0.3, -0.25) is 9.59 Å².